The summed E-state index contributed by atoms with van der Waals surface area (Å²) in [7, 11) is 1.69. The zero-order valence-corrected chi connectivity index (χ0v) is 20.4. The summed E-state index contributed by atoms with van der Waals surface area (Å²) < 4.78 is 3.99. The van der Waals surface area contributed by atoms with Gasteiger partial charge in [0, 0.05) is 23.6 Å². The molecular weight excluding hydrogens is 454 g/mol. The minimum Gasteiger partial charge on any atom is -0.343 e. The minimum absolute atomic E-state index is 0.239. The van der Waals surface area contributed by atoms with Crippen LogP contribution >= 0.6 is 11.5 Å². The Kier molecular flexibility index (Phi) is 9.49. The highest BCUT2D eigenvalue weighted by molar-refractivity contribution is 7.10. The second-order valence-electron chi connectivity index (χ2n) is 8.35. The molecule has 1 aliphatic rings. The lowest BCUT2D eigenvalue weighted by Gasteiger charge is -2.29. The Labute approximate surface area is 203 Å². The molecule has 0 radical (unpaired) electrons. The molecule has 0 unspecified atom stereocenters. The molecule has 1 aliphatic heterocycles. The molecule has 1 fully saturated rings. The fourth-order valence-corrected chi connectivity index (χ4v) is 4.53. The van der Waals surface area contributed by atoms with E-state index in [-0.39, 0.29) is 17.7 Å². The van der Waals surface area contributed by atoms with Crippen LogP contribution in [0.15, 0.2) is 30.3 Å². The number of hydrogen-bond donors (Lipinski definition) is 4. The molecule has 2 heterocycles. The zero-order chi connectivity index (χ0) is 24.5. The smallest absolute Gasteiger partial charge is 0.247 e. The molecule has 3 rings (SSSR count). The Bertz CT molecular complexity index is 968. The van der Waals surface area contributed by atoms with Gasteiger partial charge in [0.15, 0.2) is 0 Å². The molecule has 10 nitrogen and oxygen atoms in total. The van der Waals surface area contributed by atoms with Crippen LogP contribution < -0.4 is 21.7 Å². The van der Waals surface area contributed by atoms with Crippen LogP contribution in [-0.4, -0.2) is 70.5 Å². The molecule has 34 heavy (non-hydrogen) atoms. The van der Waals surface area contributed by atoms with Gasteiger partial charge in [-0.25, -0.2) is 0 Å². The maximum absolute atomic E-state index is 13.4. The van der Waals surface area contributed by atoms with Crippen molar-refractivity contribution in [2.75, 3.05) is 25.5 Å². The zero-order valence-electron chi connectivity index (χ0n) is 19.6. The van der Waals surface area contributed by atoms with E-state index in [9.17, 15) is 14.4 Å². The van der Waals surface area contributed by atoms with E-state index < -0.39 is 18.1 Å². The van der Waals surface area contributed by atoms with E-state index in [2.05, 4.69) is 25.5 Å². The predicted molar refractivity (Wildman–Crippen MR) is 132 cm³/mol. The van der Waals surface area contributed by atoms with Gasteiger partial charge in [0.2, 0.25) is 17.7 Å². The molecule has 0 bridgehead atoms. The summed E-state index contributed by atoms with van der Waals surface area (Å²) in [6.45, 7) is 2.72. The third-order valence-corrected chi connectivity index (χ3v) is 6.64. The van der Waals surface area contributed by atoms with E-state index in [1.165, 1.54) is 0 Å². The van der Waals surface area contributed by atoms with Crippen molar-refractivity contribution >= 4 is 34.3 Å². The third-order valence-electron chi connectivity index (χ3n) is 6.00. The average molecular weight is 488 g/mol. The number of nitrogens with one attached hydrogen (secondary N) is 3. The highest BCUT2D eigenvalue weighted by atomic mass is 32.1. The van der Waals surface area contributed by atoms with Crippen molar-refractivity contribution in [2.24, 2.45) is 5.73 Å². The number of benzene rings is 1. The van der Waals surface area contributed by atoms with Crippen molar-refractivity contribution in [1.82, 2.24) is 25.1 Å². The van der Waals surface area contributed by atoms with Crippen LogP contribution in [0.25, 0.3) is 11.3 Å². The predicted octanol–water partition coefficient (Wildman–Crippen LogP) is 1.36. The maximum atomic E-state index is 13.4. The van der Waals surface area contributed by atoms with E-state index in [0.29, 0.717) is 49.5 Å². The van der Waals surface area contributed by atoms with Crippen molar-refractivity contribution in [3.05, 3.63) is 30.3 Å². The number of anilines is 1. The fraction of sp³-hybridized carbons (Fsp3) is 0.522. The standard InChI is InChI=1S/C23H33N7O3S/c1-15(25-2)20(31)26-17(11-6-7-13-24)23(33)30-14-8-12-18(30)21(32)27-22-19(28-29-34-22)16-9-4-3-5-10-16/h3-5,9-10,15,17-18,25H,6-8,11-14,24H2,1-2H3,(H,26,31)(H,27,32)/t15-,17-,18-/m0/s1. The highest BCUT2D eigenvalue weighted by Crippen LogP contribution is 2.30. The molecule has 0 aliphatic carbocycles. The number of aromatic nitrogens is 2. The first-order chi connectivity index (χ1) is 16.5. The Morgan fingerprint density at radius 3 is 2.71 bits per heavy atom. The number of likely N-dealkylation sites (tertiary alicyclic amines) is 1. The number of nitrogens with zero attached hydrogens (tertiary/aromatic N) is 3. The summed E-state index contributed by atoms with van der Waals surface area (Å²) in [5, 5.41) is 13.4. The molecule has 3 atom stereocenters. The van der Waals surface area contributed by atoms with Gasteiger partial charge in [-0.3, -0.25) is 14.4 Å². The molecule has 1 aromatic carbocycles. The fourth-order valence-electron chi connectivity index (χ4n) is 3.93. The first kappa shape index (κ1) is 25.7. The largest absolute Gasteiger partial charge is 0.343 e. The number of unbranched alkanes of at least 4 members (excludes halogenated alkanes) is 1. The van der Waals surface area contributed by atoms with Crippen LogP contribution in [-0.2, 0) is 14.4 Å². The second-order valence-corrected chi connectivity index (χ2v) is 9.11. The van der Waals surface area contributed by atoms with Crippen molar-refractivity contribution in [3.63, 3.8) is 0 Å². The van der Waals surface area contributed by atoms with Crippen molar-refractivity contribution in [3.8, 4) is 11.3 Å². The van der Waals surface area contributed by atoms with E-state index >= 15 is 0 Å². The molecule has 11 heteroatoms. The van der Waals surface area contributed by atoms with Crippen molar-refractivity contribution in [1.29, 1.82) is 0 Å². The van der Waals surface area contributed by atoms with Crippen molar-refractivity contribution in [2.45, 2.75) is 57.2 Å². The summed E-state index contributed by atoms with van der Waals surface area (Å²) in [6.07, 6.45) is 3.21. The molecular formula is C23H33N7O3S. The van der Waals surface area contributed by atoms with Gasteiger partial charge in [-0.15, -0.1) is 5.10 Å². The normalized spacial score (nSPS) is 17.3. The minimum atomic E-state index is -0.701. The Morgan fingerprint density at radius 1 is 1.24 bits per heavy atom. The van der Waals surface area contributed by atoms with E-state index in [1.807, 2.05) is 30.3 Å². The number of carbonyl (C=O) groups excluding carboxylic acids is 3. The van der Waals surface area contributed by atoms with Crippen LogP contribution in [0.5, 0.6) is 0 Å². The topological polar surface area (TPSA) is 142 Å². The van der Waals surface area contributed by atoms with Crippen LogP contribution in [0.4, 0.5) is 5.00 Å². The summed E-state index contributed by atoms with van der Waals surface area (Å²) in [5.41, 5.74) is 7.06. The molecule has 3 amide bonds. The SMILES string of the molecule is CN[C@@H](C)C(=O)N[C@@H](CCCCN)C(=O)N1CCC[C@H]1C(=O)Nc1snnc1-c1ccccc1. The van der Waals surface area contributed by atoms with Gasteiger partial charge in [0.25, 0.3) is 0 Å². The van der Waals surface area contributed by atoms with E-state index in [1.54, 1.807) is 18.9 Å². The van der Waals surface area contributed by atoms with Crippen LogP contribution in [0, 0.1) is 0 Å². The van der Waals surface area contributed by atoms with Crippen LogP contribution in [0.1, 0.15) is 39.0 Å². The van der Waals surface area contributed by atoms with Gasteiger partial charge < -0.3 is 26.6 Å². The number of hydrogen-bond acceptors (Lipinski definition) is 8. The molecule has 1 aromatic heterocycles. The van der Waals surface area contributed by atoms with Gasteiger partial charge in [-0.05, 0) is 52.6 Å². The quantitative estimate of drug-likeness (QED) is 0.351. The van der Waals surface area contributed by atoms with Gasteiger partial charge in [0.1, 0.15) is 22.8 Å². The number of likely N-dealkylation sites (N-methyl/N-ethyl adjacent to an activating group) is 1. The van der Waals surface area contributed by atoms with E-state index in [0.717, 1.165) is 23.5 Å². The molecule has 0 saturated carbocycles. The first-order valence-corrected chi connectivity index (χ1v) is 12.4. The van der Waals surface area contributed by atoms with Gasteiger partial charge in [-0.2, -0.15) is 0 Å². The monoisotopic (exact) mass is 487 g/mol. The summed E-state index contributed by atoms with van der Waals surface area (Å²) in [5.74, 6) is -0.765. The number of carbonyl (C=O) groups is 3. The number of nitrogens with two attached hydrogens (primary N) is 1. The van der Waals surface area contributed by atoms with Crippen molar-refractivity contribution < 1.29 is 14.4 Å². The second kappa shape index (κ2) is 12.5. The lowest BCUT2D eigenvalue weighted by Crippen LogP contribution is -2.54. The van der Waals surface area contributed by atoms with E-state index in [4.69, 9.17) is 5.73 Å². The molecule has 184 valence electrons. The molecule has 5 N–H and O–H groups in total. The maximum Gasteiger partial charge on any atom is 0.247 e. The Balaban J connectivity index is 1.72. The first-order valence-electron chi connectivity index (χ1n) is 11.6. The van der Waals surface area contributed by atoms with Crippen LogP contribution in [0.2, 0.25) is 0 Å². The van der Waals surface area contributed by atoms with Gasteiger partial charge in [-0.1, -0.05) is 34.8 Å². The molecule has 1 saturated heterocycles. The lowest BCUT2D eigenvalue weighted by atomic mass is 10.1. The summed E-state index contributed by atoms with van der Waals surface area (Å²) in [4.78, 5) is 40.7. The lowest BCUT2D eigenvalue weighted by molar-refractivity contribution is -0.140. The van der Waals surface area contributed by atoms with Gasteiger partial charge >= 0.3 is 0 Å². The number of amides is 3. The Hall–Kier alpha value is -2.89. The molecule has 0 spiro atoms. The summed E-state index contributed by atoms with van der Waals surface area (Å²) in [6, 6.07) is 7.75. The molecule has 2 aromatic rings. The third kappa shape index (κ3) is 6.37. The Morgan fingerprint density at radius 2 is 2.00 bits per heavy atom. The average Bonchev–Trinajstić information content (AvgIpc) is 3.53. The highest BCUT2D eigenvalue weighted by Gasteiger charge is 2.38. The number of rotatable bonds is 11. The van der Waals surface area contributed by atoms with Crippen LogP contribution in [0.3, 0.4) is 0 Å². The summed E-state index contributed by atoms with van der Waals surface area (Å²) >= 11 is 1.10. The van der Waals surface area contributed by atoms with Gasteiger partial charge in [0.05, 0.1) is 6.04 Å².